The molecule has 1 heterocycles. The van der Waals surface area contributed by atoms with E-state index in [0.717, 1.165) is 18.4 Å². The number of rotatable bonds is 6. The second-order valence-electron chi connectivity index (χ2n) is 5.69. The van der Waals surface area contributed by atoms with Crippen LogP contribution in [0.5, 0.6) is 5.75 Å². The molecule has 3 N–H and O–H groups in total. The Morgan fingerprint density at radius 3 is 2.46 bits per heavy atom. The van der Waals surface area contributed by atoms with Gasteiger partial charge in [0.05, 0.1) is 11.9 Å². The normalized spacial score (nSPS) is 11.6. The van der Waals surface area contributed by atoms with E-state index in [0.29, 0.717) is 11.4 Å². The fourth-order valence-electron chi connectivity index (χ4n) is 2.22. The van der Waals surface area contributed by atoms with E-state index in [4.69, 9.17) is 0 Å². The molecule has 0 spiro atoms. The molecule has 126 valence electrons. The topological polar surface area (TPSA) is 91.3 Å². The summed E-state index contributed by atoms with van der Waals surface area (Å²) in [5, 5.41) is 14.8. The molecule has 0 fully saturated rings. The highest BCUT2D eigenvalue weighted by molar-refractivity contribution is 5.93. The Hall–Kier alpha value is -2.89. The van der Waals surface area contributed by atoms with Crippen molar-refractivity contribution >= 4 is 17.5 Å². The third kappa shape index (κ3) is 5.39. The number of aryl methyl sites for hydroxylation is 1. The summed E-state index contributed by atoms with van der Waals surface area (Å²) in [4.78, 5) is 27.2. The van der Waals surface area contributed by atoms with Gasteiger partial charge in [-0.05, 0) is 49.6 Å². The molecule has 0 saturated carbocycles. The van der Waals surface area contributed by atoms with Gasteiger partial charge in [0.25, 0.3) is 5.91 Å². The first kappa shape index (κ1) is 17.5. The molecule has 1 atom stereocenters. The van der Waals surface area contributed by atoms with Crippen LogP contribution in [-0.4, -0.2) is 27.9 Å². The molecule has 0 aliphatic heterocycles. The fraction of sp³-hybridized carbons (Fsp3) is 0.278. The molecule has 2 amide bonds. The number of hydrogen-bond acceptors (Lipinski definition) is 4. The van der Waals surface area contributed by atoms with E-state index in [-0.39, 0.29) is 23.6 Å². The number of aromatic nitrogens is 1. The average molecular weight is 327 g/mol. The van der Waals surface area contributed by atoms with Crippen molar-refractivity contribution in [3.8, 4) is 5.75 Å². The number of amides is 2. The van der Waals surface area contributed by atoms with Gasteiger partial charge in [0.2, 0.25) is 5.91 Å². The van der Waals surface area contributed by atoms with Gasteiger partial charge in [-0.25, -0.2) is 4.98 Å². The Kier molecular flexibility index (Phi) is 5.89. The lowest BCUT2D eigenvalue weighted by molar-refractivity contribution is -0.114. The number of nitrogens with one attached hydrogen (secondary N) is 2. The standard InChI is InChI=1S/C18H21N3O3/c1-12(3-4-14-5-8-16(23)9-6-14)20-18(24)17-10-7-15(11-19-17)21-13(2)22/h5-12,23H,3-4H2,1-2H3,(H,20,24)(H,21,22). The Morgan fingerprint density at radius 2 is 1.88 bits per heavy atom. The van der Waals surface area contributed by atoms with E-state index in [2.05, 4.69) is 15.6 Å². The molecule has 0 bridgehead atoms. The Morgan fingerprint density at radius 1 is 1.17 bits per heavy atom. The van der Waals surface area contributed by atoms with E-state index < -0.39 is 0 Å². The molecule has 0 aliphatic rings. The molecule has 1 unspecified atom stereocenters. The zero-order valence-corrected chi connectivity index (χ0v) is 13.7. The molecule has 2 rings (SSSR count). The first-order chi connectivity index (χ1) is 11.4. The van der Waals surface area contributed by atoms with Gasteiger partial charge in [0.1, 0.15) is 11.4 Å². The Labute approximate surface area is 140 Å². The van der Waals surface area contributed by atoms with Gasteiger partial charge in [-0.2, -0.15) is 0 Å². The molecule has 1 aromatic carbocycles. The molecule has 0 aliphatic carbocycles. The van der Waals surface area contributed by atoms with Crippen molar-refractivity contribution in [3.05, 3.63) is 53.9 Å². The summed E-state index contributed by atoms with van der Waals surface area (Å²) in [5.74, 6) is -0.187. The number of hydrogen-bond donors (Lipinski definition) is 3. The lowest BCUT2D eigenvalue weighted by Crippen LogP contribution is -2.33. The zero-order chi connectivity index (χ0) is 17.5. The average Bonchev–Trinajstić information content (AvgIpc) is 2.54. The highest BCUT2D eigenvalue weighted by Crippen LogP contribution is 2.12. The summed E-state index contributed by atoms with van der Waals surface area (Å²) >= 11 is 0. The van der Waals surface area contributed by atoms with Crippen LogP contribution in [0.15, 0.2) is 42.6 Å². The van der Waals surface area contributed by atoms with Crippen molar-refractivity contribution in [2.45, 2.75) is 32.7 Å². The minimum Gasteiger partial charge on any atom is -0.508 e. The van der Waals surface area contributed by atoms with Crippen LogP contribution < -0.4 is 10.6 Å². The summed E-state index contributed by atoms with van der Waals surface area (Å²) in [7, 11) is 0. The zero-order valence-electron chi connectivity index (χ0n) is 13.7. The lowest BCUT2D eigenvalue weighted by Gasteiger charge is -2.14. The predicted octanol–water partition coefficient (Wildman–Crippen LogP) is 2.50. The molecule has 6 nitrogen and oxygen atoms in total. The van der Waals surface area contributed by atoms with Crippen LogP contribution in [0.3, 0.4) is 0 Å². The van der Waals surface area contributed by atoms with Crippen LogP contribution in [0.4, 0.5) is 5.69 Å². The molecular formula is C18H21N3O3. The number of phenolic OH excluding ortho intramolecular Hbond substituents is 1. The summed E-state index contributed by atoms with van der Waals surface area (Å²) in [6.45, 7) is 3.35. The maximum Gasteiger partial charge on any atom is 0.270 e. The molecule has 0 saturated heterocycles. The van der Waals surface area contributed by atoms with Crippen LogP contribution in [0.25, 0.3) is 0 Å². The molecule has 24 heavy (non-hydrogen) atoms. The van der Waals surface area contributed by atoms with Crippen molar-refractivity contribution in [1.82, 2.24) is 10.3 Å². The van der Waals surface area contributed by atoms with Crippen molar-refractivity contribution in [3.63, 3.8) is 0 Å². The smallest absolute Gasteiger partial charge is 0.270 e. The number of carbonyl (C=O) groups excluding carboxylic acids is 2. The first-order valence-electron chi connectivity index (χ1n) is 7.76. The van der Waals surface area contributed by atoms with Crippen LogP contribution in [0, 0.1) is 0 Å². The third-order valence-corrected chi connectivity index (χ3v) is 3.50. The lowest BCUT2D eigenvalue weighted by atomic mass is 10.1. The van der Waals surface area contributed by atoms with Gasteiger partial charge in [-0.1, -0.05) is 12.1 Å². The number of carbonyl (C=O) groups is 2. The number of pyridine rings is 1. The SMILES string of the molecule is CC(=O)Nc1ccc(C(=O)NC(C)CCc2ccc(O)cc2)nc1. The Bertz CT molecular complexity index is 696. The fourth-order valence-corrected chi connectivity index (χ4v) is 2.22. The number of phenols is 1. The summed E-state index contributed by atoms with van der Waals surface area (Å²) < 4.78 is 0. The first-order valence-corrected chi connectivity index (χ1v) is 7.76. The number of anilines is 1. The number of aromatic hydroxyl groups is 1. The van der Waals surface area contributed by atoms with Gasteiger partial charge in [0.15, 0.2) is 0 Å². The van der Waals surface area contributed by atoms with Gasteiger partial charge < -0.3 is 15.7 Å². The van der Waals surface area contributed by atoms with Crippen LogP contribution >= 0.6 is 0 Å². The van der Waals surface area contributed by atoms with E-state index >= 15 is 0 Å². The van der Waals surface area contributed by atoms with Crippen LogP contribution in [0.2, 0.25) is 0 Å². The minimum absolute atomic E-state index is 0.0110. The Balaban J connectivity index is 1.84. The highest BCUT2D eigenvalue weighted by Gasteiger charge is 2.11. The molecule has 1 aromatic heterocycles. The van der Waals surface area contributed by atoms with Gasteiger partial charge in [-0.15, -0.1) is 0 Å². The second kappa shape index (κ2) is 8.10. The molecule has 0 radical (unpaired) electrons. The summed E-state index contributed by atoms with van der Waals surface area (Å²) in [6.07, 6.45) is 3.04. The molecule has 2 aromatic rings. The van der Waals surface area contributed by atoms with Gasteiger partial charge >= 0.3 is 0 Å². The van der Waals surface area contributed by atoms with E-state index in [1.165, 1.54) is 13.1 Å². The van der Waals surface area contributed by atoms with Gasteiger partial charge in [0, 0.05) is 13.0 Å². The summed E-state index contributed by atoms with van der Waals surface area (Å²) in [5.41, 5.74) is 1.96. The van der Waals surface area contributed by atoms with Crippen molar-refractivity contribution in [2.75, 3.05) is 5.32 Å². The van der Waals surface area contributed by atoms with Crippen LogP contribution in [0.1, 0.15) is 36.3 Å². The number of nitrogens with zero attached hydrogens (tertiary/aromatic N) is 1. The van der Waals surface area contributed by atoms with Crippen molar-refractivity contribution in [1.29, 1.82) is 0 Å². The number of benzene rings is 1. The second-order valence-corrected chi connectivity index (χ2v) is 5.69. The van der Waals surface area contributed by atoms with Crippen molar-refractivity contribution < 1.29 is 14.7 Å². The highest BCUT2D eigenvalue weighted by atomic mass is 16.3. The minimum atomic E-state index is -0.248. The molecule has 6 heteroatoms. The monoisotopic (exact) mass is 327 g/mol. The third-order valence-electron chi connectivity index (χ3n) is 3.50. The van der Waals surface area contributed by atoms with Gasteiger partial charge in [-0.3, -0.25) is 9.59 Å². The van der Waals surface area contributed by atoms with E-state index in [9.17, 15) is 14.7 Å². The van der Waals surface area contributed by atoms with E-state index in [1.807, 2.05) is 19.1 Å². The predicted molar refractivity (Wildman–Crippen MR) is 91.9 cm³/mol. The molecular weight excluding hydrogens is 306 g/mol. The summed E-state index contributed by atoms with van der Waals surface area (Å²) in [6, 6.07) is 10.2. The maximum absolute atomic E-state index is 12.2. The largest absolute Gasteiger partial charge is 0.508 e. The maximum atomic E-state index is 12.2. The van der Waals surface area contributed by atoms with E-state index in [1.54, 1.807) is 24.3 Å². The quantitative estimate of drug-likeness (QED) is 0.760. The van der Waals surface area contributed by atoms with Crippen molar-refractivity contribution in [2.24, 2.45) is 0 Å². The van der Waals surface area contributed by atoms with Crippen LogP contribution in [-0.2, 0) is 11.2 Å².